The molecule has 0 spiro atoms. The molecule has 7 heteroatoms. The van der Waals surface area contributed by atoms with E-state index >= 15 is 0 Å². The van der Waals surface area contributed by atoms with Crippen LogP contribution in [0.2, 0.25) is 0 Å². The Hall–Kier alpha value is -2.77. The lowest BCUT2D eigenvalue weighted by Crippen LogP contribution is -2.53. The number of carbonyl (C=O) groups is 2. The van der Waals surface area contributed by atoms with Crippen LogP contribution in [-0.2, 0) is 9.59 Å². The normalized spacial score (nSPS) is 23.4. The maximum Gasteiger partial charge on any atom is 0.246 e. The molecular formula is C31H39N3O3S. The highest BCUT2D eigenvalue weighted by Gasteiger charge is 2.40. The van der Waals surface area contributed by atoms with Crippen molar-refractivity contribution in [2.24, 2.45) is 11.8 Å². The summed E-state index contributed by atoms with van der Waals surface area (Å²) in [6.45, 7) is 6.71. The first-order chi connectivity index (χ1) is 18.4. The molecule has 1 saturated carbocycles. The van der Waals surface area contributed by atoms with Crippen LogP contribution in [0.15, 0.2) is 41.8 Å². The fourth-order valence-corrected chi connectivity index (χ4v) is 6.97. The van der Waals surface area contributed by atoms with Crippen molar-refractivity contribution >= 4 is 33.9 Å². The monoisotopic (exact) mass is 533 g/mol. The zero-order valence-electron chi connectivity index (χ0n) is 22.7. The summed E-state index contributed by atoms with van der Waals surface area (Å²) in [6, 6.07) is 12.1. The lowest BCUT2D eigenvalue weighted by atomic mass is 9.81. The van der Waals surface area contributed by atoms with E-state index in [9.17, 15) is 14.7 Å². The molecule has 2 fully saturated rings. The highest BCUT2D eigenvalue weighted by atomic mass is 32.1. The average Bonchev–Trinajstić information content (AvgIpc) is 3.62. The highest BCUT2D eigenvalue weighted by molar-refractivity contribution is 7.10. The number of rotatable bonds is 7. The van der Waals surface area contributed by atoms with Crippen LogP contribution in [-0.4, -0.2) is 45.5 Å². The molecule has 2 amide bonds. The molecule has 0 bridgehead atoms. The number of nitrogens with one attached hydrogen (secondary N) is 1. The van der Waals surface area contributed by atoms with Crippen LogP contribution in [0.5, 0.6) is 0 Å². The third-order valence-electron chi connectivity index (χ3n) is 8.60. The topological polar surface area (TPSA) is 82.5 Å². The lowest BCUT2D eigenvalue weighted by Gasteiger charge is -2.36. The Morgan fingerprint density at radius 3 is 2.58 bits per heavy atom. The van der Waals surface area contributed by atoms with Gasteiger partial charge in [-0.3, -0.25) is 9.59 Å². The van der Waals surface area contributed by atoms with Crippen LogP contribution < -0.4 is 5.32 Å². The molecule has 2 heterocycles. The van der Waals surface area contributed by atoms with Gasteiger partial charge in [-0.25, -0.2) is 4.98 Å². The summed E-state index contributed by atoms with van der Waals surface area (Å²) in [5, 5.41) is 18.7. The fourth-order valence-electron chi connectivity index (χ4n) is 6.00. The number of amides is 2. The first kappa shape index (κ1) is 26.8. The Kier molecular flexibility index (Phi) is 8.15. The molecule has 0 unspecified atom stereocenters. The van der Waals surface area contributed by atoms with Gasteiger partial charge in [0.25, 0.3) is 0 Å². The van der Waals surface area contributed by atoms with E-state index < -0.39 is 6.04 Å². The van der Waals surface area contributed by atoms with Gasteiger partial charge in [0.05, 0.1) is 17.8 Å². The fraction of sp³-hybridized carbons (Fsp3) is 0.516. The number of likely N-dealkylation sites (tertiary alicyclic amines) is 1. The third-order valence-corrected chi connectivity index (χ3v) is 9.54. The van der Waals surface area contributed by atoms with E-state index in [2.05, 4.69) is 54.0 Å². The van der Waals surface area contributed by atoms with Crippen molar-refractivity contribution < 1.29 is 14.7 Å². The zero-order valence-corrected chi connectivity index (χ0v) is 23.5. The van der Waals surface area contributed by atoms with Crippen molar-refractivity contribution in [3.05, 3.63) is 52.3 Å². The minimum Gasteiger partial charge on any atom is -0.393 e. The van der Waals surface area contributed by atoms with Crippen LogP contribution in [0.1, 0.15) is 75.4 Å². The Balaban J connectivity index is 1.40. The van der Waals surface area contributed by atoms with Gasteiger partial charge < -0.3 is 15.3 Å². The number of aryl methyl sites for hydroxylation is 1. The van der Waals surface area contributed by atoms with Crippen molar-refractivity contribution in [3.63, 3.8) is 0 Å². The van der Waals surface area contributed by atoms with Crippen molar-refractivity contribution in [2.45, 2.75) is 83.9 Å². The molecule has 2 aromatic carbocycles. The van der Waals surface area contributed by atoms with Crippen molar-refractivity contribution in [3.8, 4) is 11.3 Å². The molecule has 202 valence electrons. The average molecular weight is 534 g/mol. The minimum absolute atomic E-state index is 0.00285. The van der Waals surface area contributed by atoms with Crippen LogP contribution in [0.4, 0.5) is 0 Å². The van der Waals surface area contributed by atoms with Crippen LogP contribution in [0, 0.1) is 18.8 Å². The Labute approximate surface area is 229 Å². The number of aliphatic hydroxyl groups excluding tert-OH is 1. The SMILES string of the molecule is CC[C@@H](C)C(=O)N[C@H](C(=O)N1CCC[C@H]1c1nc(-c2ccc(C)c3ccccc23)cs1)C1CCC(O)CC1. The summed E-state index contributed by atoms with van der Waals surface area (Å²) in [6.07, 6.45) is 5.08. The summed E-state index contributed by atoms with van der Waals surface area (Å²) >= 11 is 1.62. The maximum atomic E-state index is 14.1. The summed E-state index contributed by atoms with van der Waals surface area (Å²) in [5.74, 6) is -0.149. The van der Waals surface area contributed by atoms with E-state index in [4.69, 9.17) is 4.98 Å². The van der Waals surface area contributed by atoms with E-state index in [1.54, 1.807) is 11.3 Å². The number of aliphatic hydroxyl groups is 1. The van der Waals surface area contributed by atoms with Gasteiger partial charge in [0.1, 0.15) is 11.0 Å². The van der Waals surface area contributed by atoms with Gasteiger partial charge in [0, 0.05) is 23.4 Å². The molecule has 6 nitrogen and oxygen atoms in total. The summed E-state index contributed by atoms with van der Waals surface area (Å²) in [7, 11) is 0. The Bertz CT molecular complexity index is 1300. The number of thiazole rings is 1. The minimum atomic E-state index is -0.551. The molecule has 2 aliphatic rings. The summed E-state index contributed by atoms with van der Waals surface area (Å²) < 4.78 is 0. The predicted octanol–water partition coefficient (Wildman–Crippen LogP) is 6.02. The number of benzene rings is 2. The van der Waals surface area contributed by atoms with Crippen molar-refractivity contribution in [2.75, 3.05) is 6.54 Å². The quantitative estimate of drug-likeness (QED) is 0.389. The molecule has 38 heavy (non-hydrogen) atoms. The zero-order chi connectivity index (χ0) is 26.8. The largest absolute Gasteiger partial charge is 0.393 e. The van der Waals surface area contributed by atoms with E-state index in [-0.39, 0.29) is 35.8 Å². The number of aromatic nitrogens is 1. The number of nitrogens with zero attached hydrogens (tertiary/aromatic N) is 2. The molecule has 1 aromatic heterocycles. The molecule has 3 atom stereocenters. The number of hydrogen-bond donors (Lipinski definition) is 2. The Morgan fingerprint density at radius 2 is 1.84 bits per heavy atom. The second-order valence-corrected chi connectivity index (χ2v) is 12.0. The third kappa shape index (κ3) is 5.36. The Morgan fingerprint density at radius 1 is 1.11 bits per heavy atom. The van der Waals surface area contributed by atoms with E-state index in [1.165, 1.54) is 16.3 Å². The van der Waals surface area contributed by atoms with Gasteiger partial charge in [-0.2, -0.15) is 0 Å². The molecule has 2 N–H and O–H groups in total. The smallest absolute Gasteiger partial charge is 0.246 e. The molecule has 5 rings (SSSR count). The molecule has 1 aliphatic carbocycles. The van der Waals surface area contributed by atoms with Crippen molar-refractivity contribution in [1.29, 1.82) is 0 Å². The van der Waals surface area contributed by atoms with Crippen LogP contribution in [0.25, 0.3) is 22.0 Å². The van der Waals surface area contributed by atoms with Crippen LogP contribution in [0.3, 0.4) is 0 Å². The second-order valence-electron chi connectivity index (χ2n) is 11.1. The van der Waals surface area contributed by atoms with Gasteiger partial charge in [0.2, 0.25) is 11.8 Å². The summed E-state index contributed by atoms with van der Waals surface area (Å²) in [5.41, 5.74) is 3.31. The molecular weight excluding hydrogens is 494 g/mol. The maximum absolute atomic E-state index is 14.1. The molecule has 0 radical (unpaired) electrons. The van der Waals surface area contributed by atoms with Gasteiger partial charge in [-0.05, 0) is 74.1 Å². The molecule has 3 aromatic rings. The van der Waals surface area contributed by atoms with Crippen LogP contribution >= 0.6 is 11.3 Å². The summed E-state index contributed by atoms with van der Waals surface area (Å²) in [4.78, 5) is 34.0. The predicted molar refractivity (Wildman–Crippen MR) is 153 cm³/mol. The number of carbonyl (C=O) groups excluding carboxylic acids is 2. The molecule has 1 saturated heterocycles. The number of hydrogen-bond acceptors (Lipinski definition) is 5. The van der Waals surface area contributed by atoms with E-state index in [0.717, 1.165) is 48.4 Å². The van der Waals surface area contributed by atoms with Gasteiger partial charge in [0.15, 0.2) is 0 Å². The van der Waals surface area contributed by atoms with Gasteiger partial charge in [-0.15, -0.1) is 11.3 Å². The standard InChI is InChI=1S/C31H39N3O3S/c1-4-19(2)29(36)33-28(21-12-14-22(35)15-13-21)31(37)34-17-7-10-27(34)30-32-26(18-38-30)25-16-11-20(3)23-8-5-6-9-24(23)25/h5-6,8-9,11,16,18-19,21-22,27-28,35H,4,7,10,12-15,17H2,1-3H3,(H,33,36)/t19-,21?,22?,27+,28+/m1/s1. The molecule has 1 aliphatic heterocycles. The lowest BCUT2D eigenvalue weighted by molar-refractivity contribution is -0.140. The van der Waals surface area contributed by atoms with E-state index in [1.807, 2.05) is 18.7 Å². The first-order valence-corrected chi connectivity index (χ1v) is 15.0. The van der Waals surface area contributed by atoms with Gasteiger partial charge >= 0.3 is 0 Å². The highest BCUT2D eigenvalue weighted by Crippen LogP contribution is 2.39. The van der Waals surface area contributed by atoms with Crippen molar-refractivity contribution in [1.82, 2.24) is 15.2 Å². The number of fused-ring (bicyclic) bond motifs is 1. The van der Waals surface area contributed by atoms with E-state index in [0.29, 0.717) is 19.4 Å². The first-order valence-electron chi connectivity index (χ1n) is 14.1. The second kappa shape index (κ2) is 11.5. The van der Waals surface area contributed by atoms with Gasteiger partial charge in [-0.1, -0.05) is 50.2 Å².